The van der Waals surface area contributed by atoms with Gasteiger partial charge in [-0.2, -0.15) is 5.04 Å². The van der Waals surface area contributed by atoms with Gasteiger partial charge in [0, 0.05) is 4.53 Å². The first kappa shape index (κ1) is 10.5. The van der Waals surface area contributed by atoms with Crippen molar-refractivity contribution in [3.8, 4) is 0 Å². The lowest BCUT2D eigenvalue weighted by Gasteiger charge is -1.96. The van der Waals surface area contributed by atoms with Crippen molar-refractivity contribution < 1.29 is 23.9 Å². The Morgan fingerprint density at radius 3 is 2.75 bits per heavy atom. The SMILES string of the molecule is CC(=O)CC(=O)OCC=NOF. The number of hydrogen-bond donors (Lipinski definition) is 0. The zero-order chi connectivity index (χ0) is 9.40. The molecule has 68 valence electrons. The van der Waals surface area contributed by atoms with Crippen LogP contribution in [0.15, 0.2) is 5.16 Å². The lowest BCUT2D eigenvalue weighted by molar-refractivity contribution is -0.144. The molecule has 6 heteroatoms. The second-order valence-corrected chi connectivity index (χ2v) is 1.92. The van der Waals surface area contributed by atoms with E-state index >= 15 is 0 Å². The number of carbonyl (C=O) groups excluding carboxylic acids is 2. The Morgan fingerprint density at radius 1 is 1.58 bits per heavy atom. The molecule has 0 aromatic heterocycles. The number of ether oxygens (including phenoxy) is 1. The normalized spacial score (nSPS) is 9.83. The van der Waals surface area contributed by atoms with E-state index in [1.807, 2.05) is 0 Å². The van der Waals surface area contributed by atoms with Gasteiger partial charge in [-0.15, -0.1) is 0 Å². The summed E-state index contributed by atoms with van der Waals surface area (Å²) in [7, 11) is 0. The van der Waals surface area contributed by atoms with Crippen LogP contribution in [-0.2, 0) is 19.4 Å². The maximum absolute atomic E-state index is 10.8. The molecule has 12 heavy (non-hydrogen) atoms. The third-order valence-electron chi connectivity index (χ3n) is 0.827. The first-order valence-corrected chi connectivity index (χ1v) is 3.11. The lowest BCUT2D eigenvalue weighted by Crippen LogP contribution is -2.10. The Labute approximate surface area is 68.0 Å². The van der Waals surface area contributed by atoms with Crippen molar-refractivity contribution >= 4 is 18.0 Å². The summed E-state index contributed by atoms with van der Waals surface area (Å²) in [4.78, 5) is 20.9. The van der Waals surface area contributed by atoms with Crippen molar-refractivity contribution in [2.45, 2.75) is 13.3 Å². The molecule has 0 atom stereocenters. The molecule has 0 saturated carbocycles. The number of esters is 1. The molecular weight excluding hydrogens is 169 g/mol. The van der Waals surface area contributed by atoms with Crippen LogP contribution in [0.2, 0.25) is 0 Å². The summed E-state index contributed by atoms with van der Waals surface area (Å²) in [6, 6.07) is 0. The standard InChI is InChI=1S/C6H8FNO4/c1-5(9)4-6(10)11-3-2-8-12-7/h2H,3-4H2,1H3. The number of carbonyl (C=O) groups is 2. The Kier molecular flexibility index (Phi) is 5.50. The number of hydrogen-bond acceptors (Lipinski definition) is 5. The number of rotatable bonds is 5. The van der Waals surface area contributed by atoms with Gasteiger partial charge >= 0.3 is 5.97 Å². The van der Waals surface area contributed by atoms with Crippen LogP contribution in [0, 0.1) is 0 Å². The van der Waals surface area contributed by atoms with E-state index in [0.717, 1.165) is 6.21 Å². The Balaban J connectivity index is 3.44. The fourth-order valence-corrected chi connectivity index (χ4v) is 0.443. The minimum atomic E-state index is -0.673. The van der Waals surface area contributed by atoms with Gasteiger partial charge in [0.2, 0.25) is 0 Å². The van der Waals surface area contributed by atoms with Crippen molar-refractivity contribution in [1.29, 1.82) is 0 Å². The quantitative estimate of drug-likeness (QED) is 0.264. The summed E-state index contributed by atoms with van der Waals surface area (Å²) < 4.78 is 15.2. The molecule has 5 nitrogen and oxygen atoms in total. The van der Waals surface area contributed by atoms with Gasteiger partial charge in [0.25, 0.3) is 0 Å². The van der Waals surface area contributed by atoms with Crippen molar-refractivity contribution in [3.63, 3.8) is 0 Å². The van der Waals surface area contributed by atoms with Gasteiger partial charge in [0.15, 0.2) is 0 Å². The maximum Gasteiger partial charge on any atom is 0.313 e. The molecule has 0 N–H and O–H groups in total. The Hall–Kier alpha value is -1.46. The van der Waals surface area contributed by atoms with E-state index in [1.165, 1.54) is 6.92 Å². The Morgan fingerprint density at radius 2 is 2.25 bits per heavy atom. The van der Waals surface area contributed by atoms with E-state index in [0.29, 0.717) is 0 Å². The average Bonchev–Trinajstić information content (AvgIpc) is 1.97. The maximum atomic E-state index is 10.8. The minimum absolute atomic E-state index is 0.212. The van der Waals surface area contributed by atoms with E-state index in [4.69, 9.17) is 0 Å². The number of Topliss-reactive ketones (excluding diaryl/α,β-unsaturated/α-hetero) is 1. The largest absolute Gasteiger partial charge is 0.459 e. The molecule has 0 aromatic rings. The van der Waals surface area contributed by atoms with E-state index in [9.17, 15) is 14.1 Å². The molecule has 0 unspecified atom stereocenters. The average molecular weight is 177 g/mol. The summed E-state index contributed by atoms with van der Waals surface area (Å²) in [6.45, 7) is 1.05. The fraction of sp³-hybridized carbons (Fsp3) is 0.500. The fourth-order valence-electron chi connectivity index (χ4n) is 0.443. The van der Waals surface area contributed by atoms with Gasteiger partial charge < -0.3 is 4.74 Å². The van der Waals surface area contributed by atoms with Crippen molar-refractivity contribution in [3.05, 3.63) is 0 Å². The highest BCUT2D eigenvalue weighted by Gasteiger charge is 2.04. The zero-order valence-corrected chi connectivity index (χ0v) is 6.45. The third-order valence-corrected chi connectivity index (χ3v) is 0.827. The molecule has 0 rings (SSSR count). The lowest BCUT2D eigenvalue weighted by atomic mass is 10.3. The molecule has 0 amide bonds. The monoisotopic (exact) mass is 177 g/mol. The predicted molar refractivity (Wildman–Crippen MR) is 36.9 cm³/mol. The zero-order valence-electron chi connectivity index (χ0n) is 6.45. The third kappa shape index (κ3) is 6.66. The second-order valence-electron chi connectivity index (χ2n) is 1.92. The van der Waals surface area contributed by atoms with Crippen molar-refractivity contribution in [2.75, 3.05) is 6.61 Å². The molecule has 0 saturated heterocycles. The first-order valence-electron chi connectivity index (χ1n) is 3.11. The van der Waals surface area contributed by atoms with Crippen LogP contribution in [0.1, 0.15) is 13.3 Å². The van der Waals surface area contributed by atoms with Crippen molar-refractivity contribution in [1.82, 2.24) is 0 Å². The Bertz CT molecular complexity index is 192. The molecule has 0 radical (unpaired) electrons. The summed E-state index contributed by atoms with van der Waals surface area (Å²) in [5.41, 5.74) is 0. The van der Waals surface area contributed by atoms with Gasteiger partial charge in [-0.3, -0.25) is 9.59 Å². The van der Waals surface area contributed by atoms with Crippen LogP contribution in [0.5, 0.6) is 0 Å². The van der Waals surface area contributed by atoms with Crippen LogP contribution < -0.4 is 0 Å². The van der Waals surface area contributed by atoms with Gasteiger partial charge in [-0.05, 0) is 12.1 Å². The predicted octanol–water partition coefficient (Wildman–Crippen LogP) is 0.396. The van der Waals surface area contributed by atoms with E-state index in [1.54, 1.807) is 0 Å². The number of nitrogens with zero attached hydrogens (tertiary/aromatic N) is 1. The van der Waals surface area contributed by atoms with Gasteiger partial charge in [0.1, 0.15) is 18.8 Å². The van der Waals surface area contributed by atoms with Gasteiger partial charge in [-0.25, -0.2) is 0 Å². The van der Waals surface area contributed by atoms with Crippen LogP contribution in [-0.4, -0.2) is 24.6 Å². The number of oxime groups is 1. The smallest absolute Gasteiger partial charge is 0.313 e. The highest BCUT2D eigenvalue weighted by atomic mass is 19.3. The van der Waals surface area contributed by atoms with Crippen LogP contribution in [0.4, 0.5) is 4.53 Å². The minimum Gasteiger partial charge on any atom is -0.459 e. The van der Waals surface area contributed by atoms with Crippen LogP contribution in [0.3, 0.4) is 0 Å². The number of ketones is 1. The molecule has 0 aliphatic rings. The molecule has 0 aliphatic heterocycles. The summed E-state index contributed by atoms with van der Waals surface area (Å²) in [5, 5.41) is 5.49. The summed E-state index contributed by atoms with van der Waals surface area (Å²) in [5.74, 6) is -0.966. The van der Waals surface area contributed by atoms with Crippen LogP contribution in [0.25, 0.3) is 0 Å². The summed E-state index contributed by atoms with van der Waals surface area (Å²) in [6.07, 6.45) is 0.627. The second kappa shape index (κ2) is 6.26. The van der Waals surface area contributed by atoms with Gasteiger partial charge in [0.05, 0.1) is 6.21 Å². The molecular formula is C6H8FNO4. The van der Waals surface area contributed by atoms with E-state index in [2.05, 4.69) is 14.9 Å². The topological polar surface area (TPSA) is 65.0 Å². The first-order chi connectivity index (χ1) is 5.66. The van der Waals surface area contributed by atoms with Crippen molar-refractivity contribution in [2.24, 2.45) is 5.16 Å². The highest BCUT2D eigenvalue weighted by molar-refractivity contribution is 5.94. The molecule has 0 fully saturated rings. The molecule has 0 aromatic carbocycles. The van der Waals surface area contributed by atoms with Gasteiger partial charge in [-0.1, -0.05) is 0 Å². The summed E-state index contributed by atoms with van der Waals surface area (Å²) >= 11 is 0. The van der Waals surface area contributed by atoms with E-state index in [-0.39, 0.29) is 18.8 Å². The molecule has 0 bridgehead atoms. The molecule has 0 spiro atoms. The van der Waals surface area contributed by atoms with Crippen LogP contribution >= 0.6 is 0 Å². The number of halogens is 1. The highest BCUT2D eigenvalue weighted by Crippen LogP contribution is 1.86. The van der Waals surface area contributed by atoms with E-state index < -0.39 is 5.97 Å². The molecule has 0 heterocycles. The molecule has 0 aliphatic carbocycles.